The second-order valence-electron chi connectivity index (χ2n) is 11.6. The van der Waals surface area contributed by atoms with Gasteiger partial charge in [0.05, 0.1) is 23.2 Å². The zero-order chi connectivity index (χ0) is 32.7. The van der Waals surface area contributed by atoms with Crippen LogP contribution in [0.2, 0.25) is 0 Å². The predicted molar refractivity (Wildman–Crippen MR) is 179 cm³/mol. The van der Waals surface area contributed by atoms with Crippen molar-refractivity contribution < 1.29 is 23.1 Å². The lowest BCUT2D eigenvalue weighted by molar-refractivity contribution is 0.0146. The number of nitrogens with zero attached hydrogens (tertiary/aromatic N) is 4. The summed E-state index contributed by atoms with van der Waals surface area (Å²) in [6.07, 6.45) is 5.64. The van der Waals surface area contributed by atoms with Gasteiger partial charge in [-0.3, -0.25) is 14.7 Å². The molecule has 1 atom stereocenters. The Hall–Kier alpha value is -4.65. The van der Waals surface area contributed by atoms with Crippen LogP contribution in [0, 0.1) is 0 Å². The summed E-state index contributed by atoms with van der Waals surface area (Å²) in [7, 11) is -3.83. The summed E-state index contributed by atoms with van der Waals surface area (Å²) in [6, 6.07) is 20.8. The zero-order valence-electron chi connectivity index (χ0n) is 25.7. The molecule has 238 valence electrons. The van der Waals surface area contributed by atoms with Crippen molar-refractivity contribution in [2.24, 2.45) is 0 Å². The number of thiazole rings is 1. The van der Waals surface area contributed by atoms with Gasteiger partial charge in [-0.15, -0.1) is 11.3 Å². The summed E-state index contributed by atoms with van der Waals surface area (Å²) >= 11 is 1.48. The van der Waals surface area contributed by atoms with Gasteiger partial charge < -0.3 is 14.7 Å². The smallest absolute Gasteiger partial charge is 0.410 e. The first-order valence-corrected chi connectivity index (χ1v) is 17.0. The molecule has 12 heteroatoms. The molecule has 0 bridgehead atoms. The van der Waals surface area contributed by atoms with E-state index >= 15 is 0 Å². The number of aromatic nitrogens is 3. The molecule has 3 heterocycles. The van der Waals surface area contributed by atoms with Gasteiger partial charge in [0.2, 0.25) is 0 Å². The number of ether oxygens (including phenoxy) is 1. The van der Waals surface area contributed by atoms with Crippen LogP contribution in [-0.4, -0.2) is 58.2 Å². The first-order valence-electron chi connectivity index (χ1n) is 14.6. The highest BCUT2D eigenvalue weighted by Crippen LogP contribution is 2.29. The molecular formula is C34H35N5O5S2. The van der Waals surface area contributed by atoms with Crippen LogP contribution in [0.5, 0.6) is 0 Å². The van der Waals surface area contributed by atoms with Gasteiger partial charge in [-0.25, -0.2) is 18.2 Å². The molecule has 0 aliphatic heterocycles. The highest BCUT2D eigenvalue weighted by atomic mass is 32.2. The summed E-state index contributed by atoms with van der Waals surface area (Å²) in [5.74, 6) is 0. The molecule has 5 aromatic rings. The van der Waals surface area contributed by atoms with E-state index in [-0.39, 0.29) is 18.0 Å². The minimum absolute atomic E-state index is 0.0332. The lowest BCUT2D eigenvalue weighted by Crippen LogP contribution is -2.40. The van der Waals surface area contributed by atoms with Crippen LogP contribution < -0.4 is 4.72 Å². The standard InChI is InChI=1S/C34H35N5O5S2/c1-34(2,3)44-33(41)39(22-31(40)27-7-5-18-36-21-27)19-16-24-8-12-28(13-9-24)38-46(42,43)29-14-10-25(11-15-29)32-37-30(23-45-32)26-6-4-17-35-20-26/h4-15,17-18,20-21,23,31,38,40H,16,19,22H2,1-3H3/t31-/m0/s1. The highest BCUT2D eigenvalue weighted by molar-refractivity contribution is 7.92. The molecule has 0 fully saturated rings. The number of hydrogen-bond donors (Lipinski definition) is 2. The molecule has 46 heavy (non-hydrogen) atoms. The zero-order valence-corrected chi connectivity index (χ0v) is 27.3. The molecule has 0 saturated carbocycles. The quantitative estimate of drug-likeness (QED) is 0.163. The van der Waals surface area contributed by atoms with Gasteiger partial charge in [0.25, 0.3) is 10.0 Å². The number of rotatable bonds is 11. The predicted octanol–water partition coefficient (Wildman–Crippen LogP) is 6.58. The Labute approximate surface area is 272 Å². The number of pyridine rings is 2. The molecular weight excluding hydrogens is 623 g/mol. The van der Waals surface area contributed by atoms with Crippen molar-refractivity contribution in [3.63, 3.8) is 0 Å². The average Bonchev–Trinajstić information content (AvgIpc) is 3.54. The van der Waals surface area contributed by atoms with Crippen LogP contribution in [0.15, 0.2) is 108 Å². The van der Waals surface area contributed by atoms with Crippen molar-refractivity contribution in [1.29, 1.82) is 0 Å². The van der Waals surface area contributed by atoms with E-state index in [0.29, 0.717) is 17.7 Å². The van der Waals surface area contributed by atoms with Crippen LogP contribution in [0.4, 0.5) is 10.5 Å². The number of benzene rings is 2. The average molecular weight is 658 g/mol. The van der Waals surface area contributed by atoms with Crippen molar-refractivity contribution in [3.8, 4) is 21.8 Å². The minimum Gasteiger partial charge on any atom is -0.444 e. The van der Waals surface area contributed by atoms with Gasteiger partial charge >= 0.3 is 6.09 Å². The summed E-state index contributed by atoms with van der Waals surface area (Å²) in [6.45, 7) is 5.68. The number of nitrogens with one attached hydrogen (secondary N) is 1. The molecule has 3 aromatic heterocycles. The van der Waals surface area contributed by atoms with Crippen molar-refractivity contribution in [1.82, 2.24) is 19.9 Å². The third-order valence-corrected chi connectivity index (χ3v) is 9.15. The molecule has 10 nitrogen and oxygen atoms in total. The van der Waals surface area contributed by atoms with E-state index in [9.17, 15) is 18.3 Å². The van der Waals surface area contributed by atoms with Crippen LogP contribution in [0.1, 0.15) is 38.0 Å². The maximum atomic E-state index is 13.1. The van der Waals surface area contributed by atoms with Gasteiger partial charge in [0, 0.05) is 59.1 Å². The number of aliphatic hydroxyl groups excluding tert-OH is 1. The number of amides is 1. The second kappa shape index (κ2) is 14.2. The Bertz CT molecular complexity index is 1840. The van der Waals surface area contributed by atoms with E-state index in [2.05, 4.69) is 19.7 Å². The first kappa shape index (κ1) is 32.7. The molecule has 0 radical (unpaired) electrons. The van der Waals surface area contributed by atoms with Crippen molar-refractivity contribution in [2.45, 2.75) is 43.8 Å². The normalized spacial score (nSPS) is 12.3. The van der Waals surface area contributed by atoms with E-state index < -0.39 is 27.8 Å². The van der Waals surface area contributed by atoms with Gasteiger partial charge in [-0.05, 0) is 75.2 Å². The van der Waals surface area contributed by atoms with Crippen LogP contribution in [0.25, 0.3) is 21.8 Å². The summed E-state index contributed by atoms with van der Waals surface area (Å²) in [4.78, 5) is 27.4. The largest absolute Gasteiger partial charge is 0.444 e. The third kappa shape index (κ3) is 8.75. The molecule has 0 aliphatic rings. The Morgan fingerprint density at radius 3 is 2.28 bits per heavy atom. The van der Waals surface area contributed by atoms with E-state index in [1.54, 1.807) is 106 Å². The molecule has 0 unspecified atom stereocenters. The maximum absolute atomic E-state index is 13.1. The molecule has 1 amide bonds. The number of carbonyl (C=O) groups excluding carboxylic acids is 1. The lowest BCUT2D eigenvalue weighted by atomic mass is 10.1. The molecule has 2 N–H and O–H groups in total. The monoisotopic (exact) mass is 657 g/mol. The fourth-order valence-corrected chi connectivity index (χ4v) is 6.41. The summed E-state index contributed by atoms with van der Waals surface area (Å²) in [5.41, 5.74) is 3.74. The molecule has 2 aromatic carbocycles. The van der Waals surface area contributed by atoms with E-state index in [1.807, 2.05) is 17.5 Å². The number of anilines is 1. The van der Waals surface area contributed by atoms with E-state index in [1.165, 1.54) is 16.2 Å². The third-order valence-electron chi connectivity index (χ3n) is 6.86. The number of carbonyl (C=O) groups is 1. The van der Waals surface area contributed by atoms with Gasteiger partial charge in [0.15, 0.2) is 0 Å². The van der Waals surface area contributed by atoms with E-state index in [4.69, 9.17) is 4.74 Å². The van der Waals surface area contributed by atoms with Gasteiger partial charge in [-0.2, -0.15) is 0 Å². The second-order valence-corrected chi connectivity index (χ2v) is 14.1. The highest BCUT2D eigenvalue weighted by Gasteiger charge is 2.25. The Morgan fingerprint density at radius 1 is 0.957 bits per heavy atom. The fraction of sp³-hybridized carbons (Fsp3) is 0.235. The van der Waals surface area contributed by atoms with Crippen LogP contribution in [0.3, 0.4) is 0 Å². The molecule has 0 spiro atoms. The van der Waals surface area contributed by atoms with Crippen molar-refractivity contribution >= 4 is 33.1 Å². The van der Waals surface area contributed by atoms with Gasteiger partial charge in [0.1, 0.15) is 10.6 Å². The Morgan fingerprint density at radius 2 is 1.65 bits per heavy atom. The van der Waals surface area contributed by atoms with Crippen LogP contribution in [-0.2, 0) is 21.2 Å². The lowest BCUT2D eigenvalue weighted by Gasteiger charge is -2.29. The minimum atomic E-state index is -3.83. The first-order chi connectivity index (χ1) is 22.0. The number of aliphatic hydroxyl groups is 1. The summed E-state index contributed by atoms with van der Waals surface area (Å²) in [5, 5.41) is 13.5. The van der Waals surface area contributed by atoms with Crippen molar-refractivity contribution in [2.75, 3.05) is 17.8 Å². The van der Waals surface area contributed by atoms with Crippen molar-refractivity contribution in [3.05, 3.63) is 114 Å². The Kier molecular flexibility index (Phi) is 10.1. The number of hydrogen-bond acceptors (Lipinski definition) is 9. The molecule has 0 aliphatic carbocycles. The molecule has 5 rings (SSSR count). The Balaban J connectivity index is 1.21. The van der Waals surface area contributed by atoms with Gasteiger partial charge in [-0.1, -0.05) is 30.3 Å². The topological polar surface area (TPSA) is 135 Å². The molecule has 0 saturated heterocycles. The summed E-state index contributed by atoms with van der Waals surface area (Å²) < 4.78 is 34.5. The van der Waals surface area contributed by atoms with Crippen LogP contribution >= 0.6 is 11.3 Å². The van der Waals surface area contributed by atoms with E-state index in [0.717, 1.165) is 27.4 Å². The number of sulfonamides is 1. The SMILES string of the molecule is CC(C)(C)OC(=O)N(CCc1ccc(NS(=O)(=O)c2ccc(-c3nc(-c4cccnc4)cs3)cc2)cc1)C[C@H](O)c1cccnc1. The fourth-order valence-electron chi connectivity index (χ4n) is 4.52. The maximum Gasteiger partial charge on any atom is 0.410 e.